The van der Waals surface area contributed by atoms with E-state index in [1.165, 1.54) is 0 Å². The standard InChI is InChI=1S/C19H20N4O2S.ClH/c1-4-13(2)23-12-18(14-5-6-16(10-20)21-11-14)17-8-7-15(9-19(17)23)22-26(3,24)25;/h5-9,11-13,22H,4H2,1-3H3;1H/t13-;/m1./s1. The third kappa shape index (κ3) is 4.41. The quantitative estimate of drug-likeness (QED) is 0.685. The number of pyridine rings is 1. The number of halogens is 1. The summed E-state index contributed by atoms with van der Waals surface area (Å²) in [5, 5.41) is 9.94. The van der Waals surface area contributed by atoms with Gasteiger partial charge in [0.2, 0.25) is 10.0 Å². The lowest BCUT2D eigenvalue weighted by Gasteiger charge is -2.13. The van der Waals surface area contributed by atoms with Crippen molar-refractivity contribution in [3.05, 3.63) is 48.4 Å². The minimum absolute atomic E-state index is 0. The van der Waals surface area contributed by atoms with Gasteiger partial charge in [-0.2, -0.15) is 5.26 Å². The average molecular weight is 405 g/mol. The van der Waals surface area contributed by atoms with E-state index in [9.17, 15) is 8.42 Å². The summed E-state index contributed by atoms with van der Waals surface area (Å²) in [5.74, 6) is 0. The van der Waals surface area contributed by atoms with Crippen molar-refractivity contribution in [3.63, 3.8) is 0 Å². The van der Waals surface area contributed by atoms with Gasteiger partial charge in [0.1, 0.15) is 11.8 Å². The maximum Gasteiger partial charge on any atom is 0.229 e. The molecule has 6 nitrogen and oxygen atoms in total. The lowest BCUT2D eigenvalue weighted by Crippen LogP contribution is -2.09. The van der Waals surface area contributed by atoms with Crippen LogP contribution in [0.15, 0.2) is 42.7 Å². The Kier molecular flexibility index (Phi) is 6.14. The lowest BCUT2D eigenvalue weighted by atomic mass is 10.1. The summed E-state index contributed by atoms with van der Waals surface area (Å²) in [6.45, 7) is 4.23. The topological polar surface area (TPSA) is 87.8 Å². The largest absolute Gasteiger partial charge is 0.344 e. The minimum Gasteiger partial charge on any atom is -0.344 e. The molecule has 0 saturated carbocycles. The molecule has 0 aliphatic carbocycles. The second-order valence-electron chi connectivity index (χ2n) is 6.36. The Bertz CT molecular complexity index is 1100. The van der Waals surface area contributed by atoms with Crippen molar-refractivity contribution in [2.45, 2.75) is 26.3 Å². The minimum atomic E-state index is -3.34. The Balaban J connectivity index is 0.00000261. The molecule has 0 aliphatic rings. The number of nitriles is 1. The van der Waals surface area contributed by atoms with Crippen molar-refractivity contribution < 1.29 is 8.42 Å². The zero-order valence-electron chi connectivity index (χ0n) is 15.3. The van der Waals surface area contributed by atoms with Gasteiger partial charge in [-0.1, -0.05) is 13.0 Å². The monoisotopic (exact) mass is 404 g/mol. The van der Waals surface area contributed by atoms with Crippen LogP contribution in [0.3, 0.4) is 0 Å². The van der Waals surface area contributed by atoms with Crippen LogP contribution in [0.4, 0.5) is 5.69 Å². The summed E-state index contributed by atoms with van der Waals surface area (Å²) in [4.78, 5) is 4.16. The maximum atomic E-state index is 11.5. The zero-order valence-corrected chi connectivity index (χ0v) is 16.9. The number of hydrogen-bond acceptors (Lipinski definition) is 4. The summed E-state index contributed by atoms with van der Waals surface area (Å²) in [6.07, 6.45) is 5.83. The van der Waals surface area contributed by atoms with Gasteiger partial charge < -0.3 is 4.57 Å². The van der Waals surface area contributed by atoms with E-state index in [0.717, 1.165) is 34.7 Å². The van der Waals surface area contributed by atoms with E-state index < -0.39 is 10.0 Å². The molecule has 142 valence electrons. The van der Waals surface area contributed by atoms with Crippen LogP contribution in [0, 0.1) is 11.3 Å². The third-order valence-corrected chi connectivity index (χ3v) is 5.00. The molecular weight excluding hydrogens is 384 g/mol. The van der Waals surface area contributed by atoms with Crippen LogP contribution in [0.5, 0.6) is 0 Å². The number of fused-ring (bicyclic) bond motifs is 1. The van der Waals surface area contributed by atoms with Crippen LogP contribution in [-0.4, -0.2) is 24.2 Å². The maximum absolute atomic E-state index is 11.5. The molecule has 2 heterocycles. The number of nitrogens with one attached hydrogen (secondary N) is 1. The van der Waals surface area contributed by atoms with Gasteiger partial charge in [-0.25, -0.2) is 13.4 Å². The molecule has 0 spiro atoms. The van der Waals surface area contributed by atoms with Gasteiger partial charge in [0, 0.05) is 34.9 Å². The molecular formula is C19H21ClN4O2S. The van der Waals surface area contributed by atoms with Crippen molar-refractivity contribution in [1.82, 2.24) is 9.55 Å². The number of rotatable bonds is 5. The molecule has 2 aromatic heterocycles. The number of anilines is 1. The van der Waals surface area contributed by atoms with Gasteiger partial charge in [-0.05, 0) is 37.6 Å². The van der Waals surface area contributed by atoms with Crippen LogP contribution in [-0.2, 0) is 10.0 Å². The average Bonchev–Trinajstić information content (AvgIpc) is 2.98. The van der Waals surface area contributed by atoms with Crippen LogP contribution < -0.4 is 4.72 Å². The van der Waals surface area contributed by atoms with Gasteiger partial charge in [0.15, 0.2) is 0 Å². The van der Waals surface area contributed by atoms with Crippen molar-refractivity contribution in [2.24, 2.45) is 0 Å². The molecule has 0 fully saturated rings. The van der Waals surface area contributed by atoms with E-state index >= 15 is 0 Å². The molecule has 1 aromatic carbocycles. The summed E-state index contributed by atoms with van der Waals surface area (Å²) < 4.78 is 27.8. The Morgan fingerprint density at radius 2 is 2.04 bits per heavy atom. The highest BCUT2D eigenvalue weighted by Gasteiger charge is 2.15. The fourth-order valence-corrected chi connectivity index (χ4v) is 3.49. The number of sulfonamides is 1. The number of aromatic nitrogens is 2. The Hall–Kier alpha value is -2.56. The van der Waals surface area contributed by atoms with E-state index in [1.807, 2.05) is 24.3 Å². The van der Waals surface area contributed by atoms with Crippen LogP contribution in [0.2, 0.25) is 0 Å². The Morgan fingerprint density at radius 3 is 2.59 bits per heavy atom. The predicted octanol–water partition coefficient (Wildman–Crippen LogP) is 4.34. The first-order valence-electron chi connectivity index (χ1n) is 8.31. The Labute approximate surface area is 165 Å². The fraction of sp³-hybridized carbons (Fsp3) is 0.263. The molecule has 0 bridgehead atoms. The highest BCUT2D eigenvalue weighted by atomic mass is 35.5. The normalized spacial score (nSPS) is 12.2. The van der Waals surface area contributed by atoms with Gasteiger partial charge in [0.05, 0.1) is 17.5 Å². The smallest absolute Gasteiger partial charge is 0.229 e. The molecule has 0 amide bonds. The number of hydrogen-bond donors (Lipinski definition) is 1. The van der Waals surface area contributed by atoms with E-state index in [0.29, 0.717) is 11.4 Å². The SMILES string of the molecule is CC[C@@H](C)n1cc(-c2ccc(C#N)nc2)c2ccc(NS(C)(=O)=O)cc21.Cl. The molecule has 1 N–H and O–H groups in total. The van der Waals surface area contributed by atoms with E-state index in [4.69, 9.17) is 5.26 Å². The fourth-order valence-electron chi connectivity index (χ4n) is 2.94. The van der Waals surface area contributed by atoms with Crippen molar-refractivity contribution in [3.8, 4) is 17.2 Å². The van der Waals surface area contributed by atoms with E-state index in [1.54, 1.807) is 18.3 Å². The third-order valence-electron chi connectivity index (χ3n) is 4.39. The highest BCUT2D eigenvalue weighted by Crippen LogP contribution is 2.34. The van der Waals surface area contributed by atoms with Crippen molar-refractivity contribution >= 4 is 39.0 Å². The lowest BCUT2D eigenvalue weighted by molar-refractivity contribution is 0.548. The summed E-state index contributed by atoms with van der Waals surface area (Å²) in [6, 6.07) is 11.4. The molecule has 0 radical (unpaired) electrons. The highest BCUT2D eigenvalue weighted by molar-refractivity contribution is 7.92. The Morgan fingerprint density at radius 1 is 1.30 bits per heavy atom. The second kappa shape index (κ2) is 7.99. The van der Waals surface area contributed by atoms with Crippen LogP contribution in [0.25, 0.3) is 22.0 Å². The van der Waals surface area contributed by atoms with Gasteiger partial charge in [-0.3, -0.25) is 4.72 Å². The molecule has 0 saturated heterocycles. The summed E-state index contributed by atoms with van der Waals surface area (Å²) in [5.41, 5.74) is 3.78. The molecule has 1 atom stereocenters. The number of nitrogens with zero attached hydrogens (tertiary/aromatic N) is 3. The molecule has 3 rings (SSSR count). The second-order valence-corrected chi connectivity index (χ2v) is 8.11. The summed E-state index contributed by atoms with van der Waals surface area (Å²) >= 11 is 0. The molecule has 0 unspecified atom stereocenters. The first kappa shape index (κ1) is 20.7. The van der Waals surface area contributed by atoms with E-state index in [-0.39, 0.29) is 18.4 Å². The molecule has 8 heteroatoms. The van der Waals surface area contributed by atoms with Gasteiger partial charge >= 0.3 is 0 Å². The van der Waals surface area contributed by atoms with Crippen LogP contribution >= 0.6 is 12.4 Å². The van der Waals surface area contributed by atoms with Gasteiger partial charge in [0.25, 0.3) is 0 Å². The van der Waals surface area contributed by atoms with Crippen LogP contribution in [0.1, 0.15) is 32.0 Å². The molecule has 0 aliphatic heterocycles. The predicted molar refractivity (Wildman–Crippen MR) is 111 cm³/mol. The first-order chi connectivity index (χ1) is 12.3. The zero-order chi connectivity index (χ0) is 18.9. The summed E-state index contributed by atoms with van der Waals surface area (Å²) in [7, 11) is -3.34. The molecule has 3 aromatic rings. The van der Waals surface area contributed by atoms with Crippen molar-refractivity contribution in [2.75, 3.05) is 11.0 Å². The number of benzene rings is 1. The van der Waals surface area contributed by atoms with Gasteiger partial charge in [-0.15, -0.1) is 12.4 Å². The van der Waals surface area contributed by atoms with Crippen molar-refractivity contribution in [1.29, 1.82) is 5.26 Å². The van der Waals surface area contributed by atoms with E-state index in [2.05, 4.69) is 34.3 Å². The molecule has 27 heavy (non-hydrogen) atoms. The first-order valence-corrected chi connectivity index (χ1v) is 10.2.